The van der Waals surface area contributed by atoms with Crippen molar-refractivity contribution in [2.45, 2.75) is 19.5 Å². The van der Waals surface area contributed by atoms with Crippen LogP contribution in [0.25, 0.3) is 0 Å². The molecule has 0 aromatic heterocycles. The van der Waals surface area contributed by atoms with Crippen LogP contribution < -0.4 is 4.74 Å². The summed E-state index contributed by atoms with van der Waals surface area (Å²) < 4.78 is 11.0. The molecular formula is C16H17BrO3. The molecule has 0 spiro atoms. The lowest BCUT2D eigenvalue weighted by Gasteiger charge is -2.11. The van der Waals surface area contributed by atoms with Crippen LogP contribution in [0, 0.1) is 0 Å². The summed E-state index contributed by atoms with van der Waals surface area (Å²) in [6.07, 6.45) is -0.788. The number of halogens is 1. The minimum atomic E-state index is -0.788. The van der Waals surface area contributed by atoms with Gasteiger partial charge in [-0.1, -0.05) is 58.4 Å². The van der Waals surface area contributed by atoms with E-state index in [-0.39, 0.29) is 0 Å². The maximum Gasteiger partial charge on any atom is 0.164 e. The molecule has 0 aliphatic rings. The van der Waals surface area contributed by atoms with Gasteiger partial charge in [0.25, 0.3) is 0 Å². The highest BCUT2D eigenvalue weighted by atomic mass is 79.9. The monoisotopic (exact) mass is 336 g/mol. The molecule has 0 bridgehead atoms. The number of rotatable bonds is 7. The molecule has 0 saturated heterocycles. The molecule has 2 aromatic carbocycles. The van der Waals surface area contributed by atoms with E-state index in [4.69, 9.17) is 9.47 Å². The van der Waals surface area contributed by atoms with Gasteiger partial charge in [-0.2, -0.15) is 0 Å². The first-order chi connectivity index (χ1) is 9.78. The van der Waals surface area contributed by atoms with Crippen molar-refractivity contribution in [2.75, 3.05) is 5.33 Å². The standard InChI is InChI=1S/C16H17BrO3/c17-10-16(18)20-12-14-7-4-8-15(9-14)19-11-13-5-2-1-3-6-13/h1-9,16,18H,10-12H2/t16-/m1/s1. The lowest BCUT2D eigenvalue weighted by atomic mass is 10.2. The average Bonchev–Trinajstić information content (AvgIpc) is 2.52. The molecule has 2 aromatic rings. The first-order valence-corrected chi connectivity index (χ1v) is 7.51. The molecule has 4 heteroatoms. The fourth-order valence-electron chi connectivity index (χ4n) is 1.70. The second-order valence-corrected chi connectivity index (χ2v) is 4.99. The number of hydrogen-bond acceptors (Lipinski definition) is 3. The number of hydrogen-bond donors (Lipinski definition) is 1. The summed E-state index contributed by atoms with van der Waals surface area (Å²) in [6, 6.07) is 17.7. The van der Waals surface area contributed by atoms with Gasteiger partial charge in [0.1, 0.15) is 12.4 Å². The summed E-state index contributed by atoms with van der Waals surface area (Å²) in [5, 5.41) is 9.74. The normalized spacial score (nSPS) is 12.1. The summed E-state index contributed by atoms with van der Waals surface area (Å²) in [5.41, 5.74) is 2.10. The Bertz CT molecular complexity index is 516. The van der Waals surface area contributed by atoms with E-state index in [1.54, 1.807) is 0 Å². The van der Waals surface area contributed by atoms with Crippen molar-refractivity contribution in [1.82, 2.24) is 0 Å². The molecular weight excluding hydrogens is 320 g/mol. The van der Waals surface area contributed by atoms with Crippen molar-refractivity contribution < 1.29 is 14.6 Å². The van der Waals surface area contributed by atoms with Crippen molar-refractivity contribution in [2.24, 2.45) is 0 Å². The molecule has 0 aliphatic carbocycles. The van der Waals surface area contributed by atoms with Crippen LogP contribution in [0.3, 0.4) is 0 Å². The van der Waals surface area contributed by atoms with Gasteiger partial charge in [-0.05, 0) is 23.3 Å². The van der Waals surface area contributed by atoms with E-state index in [2.05, 4.69) is 15.9 Å². The number of aliphatic hydroxyl groups is 1. The summed E-state index contributed by atoms with van der Waals surface area (Å²) in [7, 11) is 0. The second kappa shape index (κ2) is 8.04. The van der Waals surface area contributed by atoms with E-state index in [0.29, 0.717) is 18.5 Å². The van der Waals surface area contributed by atoms with Crippen LogP contribution in [0.15, 0.2) is 54.6 Å². The molecule has 0 radical (unpaired) electrons. The number of aliphatic hydroxyl groups excluding tert-OH is 1. The highest BCUT2D eigenvalue weighted by Gasteiger charge is 2.03. The predicted molar refractivity (Wildman–Crippen MR) is 81.8 cm³/mol. The van der Waals surface area contributed by atoms with Gasteiger partial charge in [-0.15, -0.1) is 0 Å². The molecule has 0 saturated carbocycles. The summed E-state index contributed by atoms with van der Waals surface area (Å²) in [6.45, 7) is 0.893. The van der Waals surface area contributed by atoms with Gasteiger partial charge in [0.15, 0.2) is 6.29 Å². The Morgan fingerprint density at radius 2 is 1.70 bits per heavy atom. The van der Waals surface area contributed by atoms with Crippen LogP contribution in [0.5, 0.6) is 5.75 Å². The SMILES string of the molecule is O[C@@H](CBr)OCc1cccc(OCc2ccccc2)c1. The minimum Gasteiger partial charge on any atom is -0.489 e. The summed E-state index contributed by atoms with van der Waals surface area (Å²) in [4.78, 5) is 0. The Balaban J connectivity index is 1.89. The van der Waals surface area contributed by atoms with Gasteiger partial charge < -0.3 is 14.6 Å². The maximum absolute atomic E-state index is 9.34. The highest BCUT2D eigenvalue weighted by molar-refractivity contribution is 9.09. The topological polar surface area (TPSA) is 38.7 Å². The zero-order valence-corrected chi connectivity index (χ0v) is 12.6. The Morgan fingerprint density at radius 1 is 0.950 bits per heavy atom. The van der Waals surface area contributed by atoms with Crippen molar-refractivity contribution in [3.63, 3.8) is 0 Å². The first kappa shape index (κ1) is 15.0. The van der Waals surface area contributed by atoms with Crippen molar-refractivity contribution in [1.29, 1.82) is 0 Å². The molecule has 106 valence electrons. The van der Waals surface area contributed by atoms with Gasteiger partial charge >= 0.3 is 0 Å². The first-order valence-electron chi connectivity index (χ1n) is 6.39. The van der Waals surface area contributed by atoms with Crippen LogP contribution in [-0.4, -0.2) is 16.7 Å². The molecule has 0 fully saturated rings. The van der Waals surface area contributed by atoms with Gasteiger partial charge in [0.05, 0.1) is 11.9 Å². The zero-order valence-electron chi connectivity index (χ0n) is 11.0. The minimum absolute atomic E-state index is 0.356. The third-order valence-electron chi connectivity index (χ3n) is 2.72. The summed E-state index contributed by atoms with van der Waals surface area (Å²) >= 11 is 3.15. The maximum atomic E-state index is 9.34. The Morgan fingerprint density at radius 3 is 2.45 bits per heavy atom. The quantitative estimate of drug-likeness (QED) is 0.621. The van der Waals surface area contributed by atoms with Crippen LogP contribution >= 0.6 is 15.9 Å². The molecule has 0 unspecified atom stereocenters. The predicted octanol–water partition coefficient (Wildman–Crippen LogP) is 3.50. The van der Waals surface area contributed by atoms with Gasteiger partial charge in [0.2, 0.25) is 0 Å². The number of ether oxygens (including phenoxy) is 2. The van der Waals surface area contributed by atoms with Crippen LogP contribution in [0.4, 0.5) is 0 Å². The van der Waals surface area contributed by atoms with Crippen LogP contribution in [0.1, 0.15) is 11.1 Å². The van der Waals surface area contributed by atoms with E-state index in [1.807, 2.05) is 54.6 Å². The molecule has 1 N–H and O–H groups in total. The van der Waals surface area contributed by atoms with E-state index >= 15 is 0 Å². The number of benzene rings is 2. The van der Waals surface area contributed by atoms with Gasteiger partial charge in [0, 0.05) is 0 Å². The molecule has 1 atom stereocenters. The Labute approximate surface area is 127 Å². The van der Waals surface area contributed by atoms with Crippen molar-refractivity contribution in [3.05, 3.63) is 65.7 Å². The second-order valence-electron chi connectivity index (χ2n) is 4.34. The molecule has 0 amide bonds. The summed E-state index contributed by atoms with van der Waals surface area (Å²) in [5.74, 6) is 0.795. The van der Waals surface area contributed by atoms with Crippen LogP contribution in [-0.2, 0) is 18.0 Å². The fourth-order valence-corrected chi connectivity index (χ4v) is 1.89. The molecule has 2 rings (SSSR count). The molecule has 3 nitrogen and oxygen atoms in total. The third kappa shape index (κ3) is 4.96. The Kier molecular flexibility index (Phi) is 6.05. The molecule has 0 heterocycles. The van der Waals surface area contributed by atoms with E-state index in [1.165, 1.54) is 0 Å². The smallest absolute Gasteiger partial charge is 0.164 e. The van der Waals surface area contributed by atoms with Gasteiger partial charge in [-0.25, -0.2) is 0 Å². The van der Waals surface area contributed by atoms with E-state index in [0.717, 1.165) is 16.9 Å². The lowest BCUT2D eigenvalue weighted by Crippen LogP contribution is -2.12. The lowest BCUT2D eigenvalue weighted by molar-refractivity contribution is -0.0897. The molecule has 0 aliphatic heterocycles. The third-order valence-corrected chi connectivity index (χ3v) is 3.28. The fraction of sp³-hybridized carbons (Fsp3) is 0.250. The van der Waals surface area contributed by atoms with Crippen LogP contribution in [0.2, 0.25) is 0 Å². The van der Waals surface area contributed by atoms with E-state index in [9.17, 15) is 5.11 Å². The largest absolute Gasteiger partial charge is 0.489 e. The Hall–Kier alpha value is -1.36. The van der Waals surface area contributed by atoms with E-state index < -0.39 is 6.29 Å². The molecule has 20 heavy (non-hydrogen) atoms. The zero-order chi connectivity index (χ0) is 14.2. The average molecular weight is 337 g/mol. The highest BCUT2D eigenvalue weighted by Crippen LogP contribution is 2.16. The van der Waals surface area contributed by atoms with Gasteiger partial charge in [-0.3, -0.25) is 0 Å². The van der Waals surface area contributed by atoms with Crippen molar-refractivity contribution in [3.8, 4) is 5.75 Å². The number of alkyl halides is 1. The van der Waals surface area contributed by atoms with Crippen molar-refractivity contribution >= 4 is 15.9 Å².